The molecule has 2 amide bonds. The Kier molecular flexibility index (Phi) is 6.71. The van der Waals surface area contributed by atoms with E-state index in [9.17, 15) is 9.59 Å². The predicted octanol–water partition coefficient (Wildman–Crippen LogP) is 4.30. The lowest BCUT2D eigenvalue weighted by Crippen LogP contribution is -2.35. The Morgan fingerprint density at radius 2 is 1.48 bits per heavy atom. The lowest BCUT2D eigenvalue weighted by atomic mass is 10.1. The molecule has 0 aromatic heterocycles. The van der Waals surface area contributed by atoms with E-state index >= 15 is 0 Å². The third-order valence-electron chi connectivity index (χ3n) is 4.28. The molecule has 0 bridgehead atoms. The van der Waals surface area contributed by atoms with Crippen LogP contribution in [0.1, 0.15) is 21.5 Å². The minimum atomic E-state index is -0.197. The van der Waals surface area contributed by atoms with Crippen molar-refractivity contribution in [1.29, 1.82) is 0 Å². The Balaban J connectivity index is 1.56. The highest BCUT2D eigenvalue weighted by Crippen LogP contribution is 2.16. The summed E-state index contributed by atoms with van der Waals surface area (Å²) in [6.45, 7) is 1.97. The van der Waals surface area contributed by atoms with E-state index < -0.39 is 0 Å². The maximum absolute atomic E-state index is 12.3. The second-order valence-electron chi connectivity index (χ2n) is 6.51. The van der Waals surface area contributed by atoms with Gasteiger partial charge in [-0.3, -0.25) is 9.59 Å². The van der Waals surface area contributed by atoms with Gasteiger partial charge in [0.2, 0.25) is 5.91 Å². The second-order valence-corrected chi connectivity index (χ2v) is 6.91. The Labute approximate surface area is 175 Å². The van der Waals surface area contributed by atoms with Crippen molar-refractivity contribution in [3.63, 3.8) is 0 Å². The summed E-state index contributed by atoms with van der Waals surface area (Å²) in [5, 5.41) is 8.70. The molecule has 0 fully saturated rings. The second kappa shape index (κ2) is 9.61. The molecule has 0 heterocycles. The molecule has 6 heteroatoms. The van der Waals surface area contributed by atoms with Crippen LogP contribution in [0, 0.1) is 6.92 Å². The van der Waals surface area contributed by atoms with Gasteiger partial charge in [-0.1, -0.05) is 48.5 Å². The number of rotatable bonds is 5. The molecule has 0 saturated heterocycles. The van der Waals surface area contributed by atoms with Crippen molar-refractivity contribution < 1.29 is 9.59 Å². The quantitative estimate of drug-likeness (QED) is 0.556. The summed E-state index contributed by atoms with van der Waals surface area (Å²) >= 11 is 5.24. The zero-order valence-corrected chi connectivity index (χ0v) is 16.8. The fraction of sp³-hybridized carbons (Fsp3) is 0.0870. The molecule has 3 rings (SSSR count). The van der Waals surface area contributed by atoms with Crippen LogP contribution in [-0.2, 0) is 11.2 Å². The standard InChI is InChI=1S/C23H21N3O2S/c1-16-8-5-6-11-18(16)14-21(27)26-23(29)25-20-13-7-12-19(15-20)24-22(28)17-9-3-2-4-10-17/h2-13,15H,14H2,1H3,(H,24,28)(H2,25,26,27,29). The first-order chi connectivity index (χ1) is 14.0. The normalized spacial score (nSPS) is 10.1. The number of thiocarbonyl (C=S) groups is 1. The van der Waals surface area contributed by atoms with Gasteiger partial charge in [0.05, 0.1) is 6.42 Å². The molecule has 0 spiro atoms. The van der Waals surface area contributed by atoms with Crippen molar-refractivity contribution in [2.24, 2.45) is 0 Å². The molecule has 0 aliphatic carbocycles. The van der Waals surface area contributed by atoms with Gasteiger partial charge < -0.3 is 16.0 Å². The molecule has 5 nitrogen and oxygen atoms in total. The number of hydrogen-bond donors (Lipinski definition) is 3. The van der Waals surface area contributed by atoms with Crippen LogP contribution >= 0.6 is 12.2 Å². The van der Waals surface area contributed by atoms with Gasteiger partial charge in [0, 0.05) is 16.9 Å². The Bertz CT molecular complexity index is 1040. The van der Waals surface area contributed by atoms with Crippen LogP contribution in [0.15, 0.2) is 78.9 Å². The average Bonchev–Trinajstić information content (AvgIpc) is 2.70. The average molecular weight is 404 g/mol. The zero-order chi connectivity index (χ0) is 20.6. The molecular formula is C23H21N3O2S. The molecule has 0 radical (unpaired) electrons. The summed E-state index contributed by atoms with van der Waals surface area (Å²) < 4.78 is 0. The molecule has 3 N–H and O–H groups in total. The van der Waals surface area contributed by atoms with Crippen molar-refractivity contribution in [2.45, 2.75) is 13.3 Å². The summed E-state index contributed by atoms with van der Waals surface area (Å²) in [6.07, 6.45) is 0.252. The first-order valence-electron chi connectivity index (χ1n) is 9.13. The Morgan fingerprint density at radius 3 is 2.21 bits per heavy atom. The number of anilines is 2. The van der Waals surface area contributed by atoms with Gasteiger partial charge in [0.25, 0.3) is 5.91 Å². The number of hydrogen-bond acceptors (Lipinski definition) is 3. The molecular weight excluding hydrogens is 382 g/mol. The highest BCUT2D eigenvalue weighted by Gasteiger charge is 2.09. The molecule has 0 unspecified atom stereocenters. The summed E-state index contributed by atoms with van der Waals surface area (Å²) in [7, 11) is 0. The van der Waals surface area contributed by atoms with Crippen molar-refractivity contribution in [1.82, 2.24) is 5.32 Å². The molecule has 0 saturated carbocycles. The largest absolute Gasteiger partial charge is 0.332 e. The van der Waals surface area contributed by atoms with E-state index in [1.165, 1.54) is 0 Å². The van der Waals surface area contributed by atoms with Crippen molar-refractivity contribution in [3.8, 4) is 0 Å². The number of benzene rings is 3. The fourth-order valence-corrected chi connectivity index (χ4v) is 3.01. The smallest absolute Gasteiger partial charge is 0.255 e. The van der Waals surface area contributed by atoms with Crippen molar-refractivity contribution in [2.75, 3.05) is 10.6 Å². The highest BCUT2D eigenvalue weighted by molar-refractivity contribution is 7.80. The van der Waals surface area contributed by atoms with Crippen LogP contribution in [0.25, 0.3) is 0 Å². The van der Waals surface area contributed by atoms with Crippen LogP contribution in [-0.4, -0.2) is 16.9 Å². The summed E-state index contributed by atoms with van der Waals surface area (Å²) in [4.78, 5) is 24.5. The molecule has 0 atom stereocenters. The van der Waals surface area contributed by atoms with Gasteiger partial charge in [-0.25, -0.2) is 0 Å². The van der Waals surface area contributed by atoms with E-state index in [0.717, 1.165) is 11.1 Å². The maximum atomic E-state index is 12.3. The first kappa shape index (κ1) is 20.2. The minimum absolute atomic E-state index is 0.190. The topological polar surface area (TPSA) is 70.2 Å². The van der Waals surface area contributed by atoms with Gasteiger partial charge in [0.15, 0.2) is 5.11 Å². The monoisotopic (exact) mass is 403 g/mol. The van der Waals surface area contributed by atoms with E-state index in [4.69, 9.17) is 12.2 Å². The van der Waals surface area contributed by atoms with Gasteiger partial charge in [-0.2, -0.15) is 0 Å². The van der Waals surface area contributed by atoms with Crippen LogP contribution in [0.4, 0.5) is 11.4 Å². The van der Waals surface area contributed by atoms with E-state index in [1.54, 1.807) is 36.4 Å². The minimum Gasteiger partial charge on any atom is -0.332 e. The van der Waals surface area contributed by atoms with Crippen LogP contribution in [0.2, 0.25) is 0 Å². The zero-order valence-electron chi connectivity index (χ0n) is 15.9. The Hall–Kier alpha value is -3.51. The van der Waals surface area contributed by atoms with Crippen molar-refractivity contribution in [3.05, 3.63) is 95.6 Å². The van der Waals surface area contributed by atoms with Crippen LogP contribution in [0.3, 0.4) is 0 Å². The lowest BCUT2D eigenvalue weighted by molar-refractivity contribution is -0.119. The molecule has 29 heavy (non-hydrogen) atoms. The van der Waals surface area contributed by atoms with E-state index in [-0.39, 0.29) is 23.3 Å². The molecule has 0 aliphatic rings. The molecule has 3 aromatic rings. The van der Waals surface area contributed by atoms with E-state index in [2.05, 4.69) is 16.0 Å². The van der Waals surface area contributed by atoms with Crippen LogP contribution < -0.4 is 16.0 Å². The SMILES string of the molecule is Cc1ccccc1CC(=O)NC(=S)Nc1cccc(NC(=O)c2ccccc2)c1. The number of nitrogens with one attached hydrogen (secondary N) is 3. The maximum Gasteiger partial charge on any atom is 0.255 e. The lowest BCUT2D eigenvalue weighted by Gasteiger charge is -2.12. The molecule has 3 aromatic carbocycles. The number of amides is 2. The summed E-state index contributed by atoms with van der Waals surface area (Å²) in [5.74, 6) is -0.387. The highest BCUT2D eigenvalue weighted by atomic mass is 32.1. The number of aryl methyl sites for hydroxylation is 1. The molecule has 0 aliphatic heterocycles. The first-order valence-corrected chi connectivity index (χ1v) is 9.54. The summed E-state index contributed by atoms with van der Waals surface area (Å²) in [6, 6.07) is 23.8. The van der Waals surface area contributed by atoms with Gasteiger partial charge >= 0.3 is 0 Å². The van der Waals surface area contributed by atoms with Crippen molar-refractivity contribution >= 4 is 40.5 Å². The Morgan fingerprint density at radius 1 is 0.828 bits per heavy atom. The van der Waals surface area contributed by atoms with Gasteiger partial charge in [-0.05, 0) is 60.6 Å². The number of carbonyl (C=O) groups is 2. The van der Waals surface area contributed by atoms with Gasteiger partial charge in [0.1, 0.15) is 0 Å². The number of carbonyl (C=O) groups excluding carboxylic acids is 2. The van der Waals surface area contributed by atoms with E-state index in [1.807, 2.05) is 49.4 Å². The summed E-state index contributed by atoms with van der Waals surface area (Å²) in [5.41, 5.74) is 3.88. The van der Waals surface area contributed by atoms with Gasteiger partial charge in [-0.15, -0.1) is 0 Å². The van der Waals surface area contributed by atoms with E-state index in [0.29, 0.717) is 16.9 Å². The third-order valence-corrected chi connectivity index (χ3v) is 4.48. The molecule has 146 valence electrons. The third kappa shape index (κ3) is 5.99. The predicted molar refractivity (Wildman–Crippen MR) is 120 cm³/mol. The van der Waals surface area contributed by atoms with Crippen LogP contribution in [0.5, 0.6) is 0 Å². The fourth-order valence-electron chi connectivity index (χ4n) is 2.78.